The van der Waals surface area contributed by atoms with Crippen LogP contribution in [0.1, 0.15) is 57.5 Å². The van der Waals surface area contributed by atoms with Crippen LogP contribution in [-0.4, -0.2) is 72.3 Å². The Kier molecular flexibility index (Phi) is 8.58. The second kappa shape index (κ2) is 12.7. The molecule has 0 atom stereocenters. The molecule has 2 saturated heterocycles. The number of halogens is 2. The van der Waals surface area contributed by atoms with Gasteiger partial charge in [0, 0.05) is 48.0 Å². The predicted molar refractivity (Wildman–Crippen MR) is 165 cm³/mol. The van der Waals surface area contributed by atoms with Gasteiger partial charge < -0.3 is 20.7 Å². The first-order chi connectivity index (χ1) is 21.2. The van der Waals surface area contributed by atoms with Gasteiger partial charge >= 0.3 is 0 Å². The minimum absolute atomic E-state index is 0.0949. The number of hydrogen-bond acceptors (Lipinski definition) is 6. The molecule has 230 valence electrons. The van der Waals surface area contributed by atoms with Crippen molar-refractivity contribution < 1.29 is 23.1 Å². The van der Waals surface area contributed by atoms with E-state index in [-0.39, 0.29) is 18.0 Å². The first-order valence-electron chi connectivity index (χ1n) is 15.0. The molecule has 6 rings (SSSR count). The van der Waals surface area contributed by atoms with Crippen LogP contribution in [0.4, 0.5) is 20.3 Å². The number of nitrogens with one attached hydrogen (secondary N) is 2. The van der Waals surface area contributed by atoms with Crippen LogP contribution in [0, 0.1) is 11.6 Å². The Morgan fingerprint density at radius 1 is 1.00 bits per heavy atom. The zero-order chi connectivity index (χ0) is 30.8. The van der Waals surface area contributed by atoms with Crippen molar-refractivity contribution in [1.82, 2.24) is 15.1 Å². The Bertz CT molecular complexity index is 1660. The minimum atomic E-state index is -0.628. The van der Waals surface area contributed by atoms with Gasteiger partial charge in [-0.05, 0) is 106 Å². The molecule has 0 bridgehead atoms. The lowest BCUT2D eigenvalue weighted by molar-refractivity contribution is 0.0903. The fourth-order valence-electron chi connectivity index (χ4n) is 6.19. The van der Waals surface area contributed by atoms with E-state index in [0.29, 0.717) is 47.8 Å². The van der Waals surface area contributed by atoms with Crippen molar-refractivity contribution in [1.29, 1.82) is 0 Å². The standard InChI is InChI=1S/C33H36F2N6O3/c1-40-10-6-26(7-11-40)41(33(43)22-3-4-27(31(36)42)30(18-22)37-25-8-12-44-13-9-25)32-28-17-20(2-5-29(28)38-39-32)14-21-15-23(34)19-24(35)16-21/h2-5,15-19,25-26,37H,6-14H2,1H3,(H2,36,42)(H,38,39). The van der Waals surface area contributed by atoms with Gasteiger partial charge in [0.2, 0.25) is 0 Å². The molecule has 3 aromatic carbocycles. The third-order valence-electron chi connectivity index (χ3n) is 8.55. The van der Waals surface area contributed by atoms with Gasteiger partial charge in [0.1, 0.15) is 11.6 Å². The summed E-state index contributed by atoms with van der Waals surface area (Å²) in [7, 11) is 2.06. The van der Waals surface area contributed by atoms with E-state index >= 15 is 0 Å². The normalized spacial score (nSPS) is 16.7. The van der Waals surface area contributed by atoms with E-state index in [1.807, 2.05) is 18.2 Å². The maximum Gasteiger partial charge on any atom is 0.259 e. The van der Waals surface area contributed by atoms with Crippen molar-refractivity contribution >= 4 is 34.2 Å². The molecule has 0 radical (unpaired) electrons. The molecule has 1 aromatic heterocycles. The number of amides is 2. The van der Waals surface area contributed by atoms with Crippen molar-refractivity contribution in [3.05, 3.63) is 88.5 Å². The van der Waals surface area contributed by atoms with E-state index in [2.05, 4.69) is 27.5 Å². The number of hydrogen-bond donors (Lipinski definition) is 3. The molecular formula is C33H36F2N6O3. The summed E-state index contributed by atoms with van der Waals surface area (Å²) < 4.78 is 33.2. The average molecular weight is 603 g/mol. The van der Waals surface area contributed by atoms with E-state index < -0.39 is 17.5 Å². The summed E-state index contributed by atoms with van der Waals surface area (Å²) in [6, 6.07) is 14.1. The van der Waals surface area contributed by atoms with E-state index in [9.17, 15) is 18.4 Å². The summed E-state index contributed by atoms with van der Waals surface area (Å²) in [6.45, 7) is 2.89. The number of nitrogens with two attached hydrogens (primary N) is 1. The molecule has 44 heavy (non-hydrogen) atoms. The van der Waals surface area contributed by atoms with Crippen LogP contribution < -0.4 is 16.0 Å². The third-order valence-corrected chi connectivity index (χ3v) is 8.55. The highest BCUT2D eigenvalue weighted by Crippen LogP contribution is 2.32. The summed E-state index contributed by atoms with van der Waals surface area (Å²) in [4.78, 5) is 30.7. The Morgan fingerprint density at radius 3 is 2.43 bits per heavy atom. The zero-order valence-corrected chi connectivity index (χ0v) is 24.6. The number of anilines is 2. The molecule has 0 spiro atoms. The highest BCUT2D eigenvalue weighted by molar-refractivity contribution is 6.11. The zero-order valence-electron chi connectivity index (χ0n) is 24.6. The van der Waals surface area contributed by atoms with Crippen LogP contribution in [0.25, 0.3) is 10.9 Å². The molecule has 0 aliphatic carbocycles. The van der Waals surface area contributed by atoms with Crippen LogP contribution in [-0.2, 0) is 11.2 Å². The van der Waals surface area contributed by atoms with Crippen molar-refractivity contribution in [3.63, 3.8) is 0 Å². The van der Waals surface area contributed by atoms with Crippen molar-refractivity contribution in [2.45, 2.75) is 44.2 Å². The number of aromatic amines is 1. The third kappa shape index (κ3) is 6.44. The minimum Gasteiger partial charge on any atom is -0.381 e. The number of likely N-dealkylation sites (tertiary alicyclic amines) is 1. The molecule has 0 saturated carbocycles. The Hall–Kier alpha value is -4.35. The number of piperidine rings is 1. The fraction of sp³-hybridized carbons (Fsp3) is 0.364. The summed E-state index contributed by atoms with van der Waals surface area (Å²) in [6.07, 6.45) is 3.38. The summed E-state index contributed by atoms with van der Waals surface area (Å²) in [5.74, 6) is -1.58. The van der Waals surface area contributed by atoms with Crippen LogP contribution >= 0.6 is 0 Å². The van der Waals surface area contributed by atoms with Crippen molar-refractivity contribution in [3.8, 4) is 0 Å². The number of primary amides is 1. The van der Waals surface area contributed by atoms with Gasteiger partial charge in [0.25, 0.3) is 11.8 Å². The van der Waals surface area contributed by atoms with Crippen LogP contribution in [0.2, 0.25) is 0 Å². The van der Waals surface area contributed by atoms with E-state index in [1.54, 1.807) is 23.1 Å². The fourth-order valence-corrected chi connectivity index (χ4v) is 6.19. The quantitative estimate of drug-likeness (QED) is 0.265. The van der Waals surface area contributed by atoms with Crippen LogP contribution in [0.3, 0.4) is 0 Å². The van der Waals surface area contributed by atoms with Gasteiger partial charge in [-0.25, -0.2) is 8.78 Å². The molecular weight excluding hydrogens is 566 g/mol. The first kappa shape index (κ1) is 29.7. The molecule has 2 fully saturated rings. The number of carbonyl (C=O) groups is 2. The number of rotatable bonds is 8. The lowest BCUT2D eigenvalue weighted by Crippen LogP contribution is -2.47. The first-order valence-corrected chi connectivity index (χ1v) is 15.0. The summed E-state index contributed by atoms with van der Waals surface area (Å²) in [5.41, 5.74) is 9.03. The number of carbonyl (C=O) groups excluding carboxylic acids is 2. The number of ether oxygens (including phenoxy) is 1. The van der Waals surface area contributed by atoms with Gasteiger partial charge in [0.05, 0.1) is 11.1 Å². The molecule has 4 N–H and O–H groups in total. The molecule has 4 aromatic rings. The number of benzene rings is 3. The largest absolute Gasteiger partial charge is 0.381 e. The van der Waals surface area contributed by atoms with Gasteiger partial charge in [-0.1, -0.05) is 6.07 Å². The number of fused-ring (bicyclic) bond motifs is 1. The molecule has 0 unspecified atom stereocenters. The topological polar surface area (TPSA) is 117 Å². The van der Waals surface area contributed by atoms with Gasteiger partial charge in [-0.3, -0.25) is 19.6 Å². The maximum atomic E-state index is 14.5. The van der Waals surface area contributed by atoms with Crippen LogP contribution in [0.15, 0.2) is 54.6 Å². The predicted octanol–water partition coefficient (Wildman–Crippen LogP) is 4.86. The summed E-state index contributed by atoms with van der Waals surface area (Å²) in [5, 5.41) is 11.8. The van der Waals surface area contributed by atoms with E-state index in [1.165, 1.54) is 12.1 Å². The van der Waals surface area contributed by atoms with Gasteiger partial charge in [-0.15, -0.1) is 0 Å². The molecule has 2 amide bonds. The molecule has 11 heteroatoms. The summed E-state index contributed by atoms with van der Waals surface area (Å²) >= 11 is 0. The molecule has 3 heterocycles. The van der Waals surface area contributed by atoms with Gasteiger partial charge in [-0.2, -0.15) is 5.10 Å². The average Bonchev–Trinajstić information content (AvgIpc) is 3.41. The van der Waals surface area contributed by atoms with E-state index in [0.717, 1.165) is 61.3 Å². The number of nitrogens with zero attached hydrogens (tertiary/aromatic N) is 3. The highest BCUT2D eigenvalue weighted by Gasteiger charge is 2.32. The molecule has 2 aliphatic rings. The Morgan fingerprint density at radius 2 is 1.73 bits per heavy atom. The SMILES string of the molecule is CN1CCC(N(C(=O)c2ccc(C(N)=O)c(NC3CCOCC3)c2)c2n[nH]c3ccc(Cc4cc(F)cc(F)c4)cc23)CC1. The maximum absolute atomic E-state index is 14.5. The smallest absolute Gasteiger partial charge is 0.259 e. The Balaban J connectivity index is 1.38. The lowest BCUT2D eigenvalue weighted by atomic mass is 9.99. The second-order valence-corrected chi connectivity index (χ2v) is 11.7. The van der Waals surface area contributed by atoms with Crippen LogP contribution in [0.5, 0.6) is 0 Å². The van der Waals surface area contributed by atoms with Crippen molar-refractivity contribution in [2.75, 3.05) is 43.6 Å². The number of H-pyrrole nitrogens is 1. The Labute approximate surface area is 254 Å². The van der Waals surface area contributed by atoms with E-state index in [4.69, 9.17) is 10.5 Å². The molecule has 9 nitrogen and oxygen atoms in total. The lowest BCUT2D eigenvalue weighted by Gasteiger charge is -2.36. The molecule has 2 aliphatic heterocycles. The monoisotopic (exact) mass is 602 g/mol. The second-order valence-electron chi connectivity index (χ2n) is 11.7. The van der Waals surface area contributed by atoms with Gasteiger partial charge in [0.15, 0.2) is 5.82 Å². The number of aromatic nitrogens is 2. The van der Waals surface area contributed by atoms with Crippen molar-refractivity contribution in [2.24, 2.45) is 5.73 Å². The highest BCUT2D eigenvalue weighted by atomic mass is 19.1.